The lowest BCUT2D eigenvalue weighted by atomic mass is 10.5. The van der Waals surface area contributed by atoms with Gasteiger partial charge in [-0.2, -0.15) is 0 Å². The van der Waals surface area contributed by atoms with Gasteiger partial charge in [-0.25, -0.2) is 0 Å². The van der Waals surface area contributed by atoms with Crippen molar-refractivity contribution >= 4 is 22.2 Å². The molecule has 0 aromatic rings. The fourth-order valence-electron chi connectivity index (χ4n) is 0.240. The van der Waals surface area contributed by atoms with Gasteiger partial charge in [0.15, 0.2) is 0 Å². The lowest BCUT2D eigenvalue weighted by molar-refractivity contribution is -0.104. The fraction of sp³-hybridized carbons (Fsp3) is 0.167. The molecule has 0 saturated carbocycles. The smallest absolute Gasteiger partial charge is 0.142 e. The number of hydrogen-bond acceptors (Lipinski definition) is 1. The van der Waals surface area contributed by atoms with Crippen molar-refractivity contribution in [3.8, 4) is 0 Å². The number of rotatable bonds is 3. The van der Waals surface area contributed by atoms with Gasteiger partial charge in [0.1, 0.15) is 6.29 Å². The van der Waals surface area contributed by atoms with Crippen molar-refractivity contribution in [3.63, 3.8) is 0 Å². The van der Waals surface area contributed by atoms with Gasteiger partial charge in [0.25, 0.3) is 0 Å². The molecule has 0 atom stereocenters. The third kappa shape index (κ3) is 5.63. The molecule has 0 heterocycles. The van der Waals surface area contributed by atoms with Crippen LogP contribution in [0.1, 0.15) is 0 Å². The van der Waals surface area contributed by atoms with Gasteiger partial charge < -0.3 is 0 Å². The Bertz CT molecular complexity index is 105. The van der Waals surface area contributed by atoms with Gasteiger partial charge in [0, 0.05) is 5.33 Å². The molecule has 0 rings (SSSR count). The van der Waals surface area contributed by atoms with E-state index < -0.39 is 0 Å². The van der Waals surface area contributed by atoms with Crippen LogP contribution in [0, 0.1) is 0 Å². The van der Waals surface area contributed by atoms with Crippen LogP contribution in [0.4, 0.5) is 0 Å². The molecule has 0 unspecified atom stereocenters. The van der Waals surface area contributed by atoms with E-state index in [1.807, 2.05) is 12.2 Å². The Morgan fingerprint density at radius 2 is 2.00 bits per heavy atom. The van der Waals surface area contributed by atoms with E-state index in [1.54, 1.807) is 6.08 Å². The first-order valence-corrected chi connectivity index (χ1v) is 3.37. The van der Waals surface area contributed by atoms with Crippen LogP contribution in [-0.4, -0.2) is 11.6 Å². The predicted molar refractivity (Wildman–Crippen MR) is 38.1 cm³/mol. The third-order valence-electron chi connectivity index (χ3n) is 0.526. The summed E-state index contributed by atoms with van der Waals surface area (Å²) in [5, 5.41) is 0.830. The van der Waals surface area contributed by atoms with Gasteiger partial charge in [0.05, 0.1) is 0 Å². The second-order valence-electron chi connectivity index (χ2n) is 1.10. The summed E-state index contributed by atoms with van der Waals surface area (Å²) >= 11 is 3.19. The quantitative estimate of drug-likeness (QED) is 0.276. The lowest BCUT2D eigenvalue weighted by Crippen LogP contribution is -1.58. The molecule has 2 heteroatoms. The zero-order chi connectivity index (χ0) is 6.24. The number of allylic oxidation sites excluding steroid dienone is 4. The van der Waals surface area contributed by atoms with Crippen LogP contribution in [0.15, 0.2) is 24.3 Å². The molecule has 0 aromatic heterocycles. The number of halogens is 1. The summed E-state index contributed by atoms with van der Waals surface area (Å²) in [6, 6.07) is 0. The molecule has 0 amide bonds. The van der Waals surface area contributed by atoms with Crippen molar-refractivity contribution in [1.29, 1.82) is 0 Å². The summed E-state index contributed by atoms with van der Waals surface area (Å²) in [5.74, 6) is 0. The molecule has 0 spiro atoms. The van der Waals surface area contributed by atoms with Crippen LogP contribution in [0.3, 0.4) is 0 Å². The van der Waals surface area contributed by atoms with Gasteiger partial charge in [0.2, 0.25) is 0 Å². The molecule has 0 aliphatic rings. The highest BCUT2D eigenvalue weighted by Crippen LogP contribution is 1.81. The Morgan fingerprint density at radius 1 is 1.25 bits per heavy atom. The maximum Gasteiger partial charge on any atom is 0.142 e. The van der Waals surface area contributed by atoms with E-state index in [0.717, 1.165) is 11.6 Å². The summed E-state index contributed by atoms with van der Waals surface area (Å²) < 4.78 is 0. The first kappa shape index (κ1) is 7.63. The van der Waals surface area contributed by atoms with Crippen LogP contribution in [-0.2, 0) is 4.79 Å². The van der Waals surface area contributed by atoms with Gasteiger partial charge in [-0.15, -0.1) is 0 Å². The SMILES string of the molecule is O=C/C=C/C=C/CBr. The Kier molecular flexibility index (Phi) is 6.32. The molecule has 0 radical (unpaired) electrons. The van der Waals surface area contributed by atoms with Gasteiger partial charge in [-0.1, -0.05) is 34.2 Å². The standard InChI is InChI=1S/C6H7BrO/c7-5-3-1-2-4-6-8/h1-4,6H,5H2/b3-1+,4-2+. The molecule has 0 aliphatic carbocycles. The van der Waals surface area contributed by atoms with Crippen molar-refractivity contribution in [1.82, 2.24) is 0 Å². The van der Waals surface area contributed by atoms with Crippen molar-refractivity contribution < 1.29 is 4.79 Å². The number of hydrogen-bond donors (Lipinski definition) is 0. The molecular weight excluding hydrogens is 168 g/mol. The number of alkyl halides is 1. The van der Waals surface area contributed by atoms with E-state index in [4.69, 9.17) is 0 Å². The average molecular weight is 175 g/mol. The second kappa shape index (κ2) is 6.63. The van der Waals surface area contributed by atoms with Gasteiger partial charge in [-0.05, 0) is 6.08 Å². The summed E-state index contributed by atoms with van der Waals surface area (Å²) in [6.45, 7) is 0. The van der Waals surface area contributed by atoms with Gasteiger partial charge in [-0.3, -0.25) is 4.79 Å². The minimum absolute atomic E-state index is 0.749. The van der Waals surface area contributed by atoms with Crippen molar-refractivity contribution in [2.24, 2.45) is 0 Å². The van der Waals surface area contributed by atoms with Crippen LogP contribution >= 0.6 is 15.9 Å². The van der Waals surface area contributed by atoms with Crippen molar-refractivity contribution in [2.75, 3.05) is 5.33 Å². The zero-order valence-corrected chi connectivity index (χ0v) is 5.97. The largest absolute Gasteiger partial charge is 0.299 e. The van der Waals surface area contributed by atoms with E-state index >= 15 is 0 Å². The Morgan fingerprint density at radius 3 is 2.50 bits per heavy atom. The van der Waals surface area contributed by atoms with Crippen molar-refractivity contribution in [3.05, 3.63) is 24.3 Å². The Balaban J connectivity index is 3.26. The molecular formula is C6H7BrO. The molecule has 8 heavy (non-hydrogen) atoms. The van der Waals surface area contributed by atoms with Gasteiger partial charge >= 0.3 is 0 Å². The molecule has 0 N–H and O–H groups in total. The minimum atomic E-state index is 0.749. The van der Waals surface area contributed by atoms with E-state index in [9.17, 15) is 4.79 Å². The van der Waals surface area contributed by atoms with E-state index in [1.165, 1.54) is 6.08 Å². The molecule has 0 aliphatic heterocycles. The van der Waals surface area contributed by atoms with Crippen LogP contribution in [0.5, 0.6) is 0 Å². The average Bonchev–Trinajstić information content (AvgIpc) is 1.81. The maximum absolute atomic E-state index is 9.64. The second-order valence-corrected chi connectivity index (χ2v) is 1.75. The summed E-state index contributed by atoms with van der Waals surface area (Å²) in [4.78, 5) is 9.64. The Labute approximate surface area is 57.2 Å². The molecule has 0 fully saturated rings. The van der Waals surface area contributed by atoms with Crippen LogP contribution in [0.25, 0.3) is 0 Å². The van der Waals surface area contributed by atoms with Crippen LogP contribution < -0.4 is 0 Å². The molecule has 44 valence electrons. The number of carbonyl (C=O) groups excluding carboxylic acids is 1. The summed E-state index contributed by atoms with van der Waals surface area (Å²) in [6.07, 6.45) is 7.59. The molecule has 0 saturated heterocycles. The minimum Gasteiger partial charge on any atom is -0.299 e. The zero-order valence-electron chi connectivity index (χ0n) is 4.38. The summed E-state index contributed by atoms with van der Waals surface area (Å²) in [5.41, 5.74) is 0. The highest BCUT2D eigenvalue weighted by molar-refractivity contribution is 9.09. The maximum atomic E-state index is 9.64. The highest BCUT2D eigenvalue weighted by atomic mass is 79.9. The molecule has 0 aromatic carbocycles. The molecule has 0 bridgehead atoms. The topological polar surface area (TPSA) is 17.1 Å². The fourth-order valence-corrected chi connectivity index (χ4v) is 0.455. The van der Waals surface area contributed by atoms with E-state index in [-0.39, 0.29) is 0 Å². The highest BCUT2D eigenvalue weighted by Gasteiger charge is 1.62. The predicted octanol–water partition coefficient (Wildman–Crippen LogP) is 1.69. The summed E-state index contributed by atoms with van der Waals surface area (Å²) in [7, 11) is 0. The molecule has 1 nitrogen and oxygen atoms in total. The first-order valence-electron chi connectivity index (χ1n) is 2.24. The van der Waals surface area contributed by atoms with E-state index in [0.29, 0.717) is 0 Å². The van der Waals surface area contributed by atoms with E-state index in [2.05, 4.69) is 15.9 Å². The monoisotopic (exact) mass is 174 g/mol. The van der Waals surface area contributed by atoms with Crippen molar-refractivity contribution in [2.45, 2.75) is 0 Å². The number of carbonyl (C=O) groups is 1. The number of aldehydes is 1. The first-order chi connectivity index (χ1) is 3.91. The normalized spacial score (nSPS) is 11.1. The lowest BCUT2D eigenvalue weighted by Gasteiger charge is -1.69. The van der Waals surface area contributed by atoms with Crippen LogP contribution in [0.2, 0.25) is 0 Å². The third-order valence-corrected chi connectivity index (χ3v) is 0.900. The Hall–Kier alpha value is -0.370.